The molecule has 0 radical (unpaired) electrons. The number of rotatable bonds is 5. The summed E-state index contributed by atoms with van der Waals surface area (Å²) in [6.45, 7) is 0.923. The highest BCUT2D eigenvalue weighted by Gasteiger charge is 2.62. The molecule has 2 bridgehead atoms. The normalized spacial score (nSPS) is 29.8. The van der Waals surface area contributed by atoms with Crippen molar-refractivity contribution in [1.82, 2.24) is 4.90 Å². The van der Waals surface area contributed by atoms with Crippen LogP contribution in [0.2, 0.25) is 0 Å². The van der Waals surface area contributed by atoms with Gasteiger partial charge in [0.25, 0.3) is 0 Å². The van der Waals surface area contributed by atoms with Gasteiger partial charge in [-0.1, -0.05) is 0 Å². The molecule has 1 aromatic rings. The number of halogens is 1. The first-order valence-electron chi connectivity index (χ1n) is 9.20. The first-order chi connectivity index (χ1) is 12.9. The number of carbonyl (C=O) groups excluding carboxylic acids is 4. The number of likely N-dealkylation sites (tertiary alicyclic amines) is 1. The molecule has 0 unspecified atom stereocenters. The summed E-state index contributed by atoms with van der Waals surface area (Å²) in [5.41, 5.74) is 0.219. The van der Waals surface area contributed by atoms with E-state index in [4.69, 9.17) is 4.74 Å². The number of imide groups is 1. The van der Waals surface area contributed by atoms with Crippen LogP contribution in [-0.4, -0.2) is 41.1 Å². The van der Waals surface area contributed by atoms with Gasteiger partial charge in [-0.3, -0.25) is 19.3 Å². The molecule has 2 aliphatic carbocycles. The van der Waals surface area contributed by atoms with Crippen LogP contribution in [0.15, 0.2) is 24.3 Å². The summed E-state index contributed by atoms with van der Waals surface area (Å²) in [7, 11) is 0. The second kappa shape index (κ2) is 6.55. The van der Waals surface area contributed by atoms with Crippen LogP contribution in [0.1, 0.15) is 36.5 Å². The molecule has 6 nitrogen and oxygen atoms in total. The molecule has 1 saturated heterocycles. The molecule has 2 saturated carbocycles. The van der Waals surface area contributed by atoms with Gasteiger partial charge in [0, 0.05) is 5.56 Å². The van der Waals surface area contributed by atoms with E-state index < -0.39 is 30.2 Å². The molecule has 3 aliphatic rings. The number of hydrogen-bond acceptors (Lipinski definition) is 5. The van der Waals surface area contributed by atoms with Crippen LogP contribution in [0.25, 0.3) is 0 Å². The summed E-state index contributed by atoms with van der Waals surface area (Å²) in [6.07, 6.45) is 2.85. The first kappa shape index (κ1) is 17.8. The van der Waals surface area contributed by atoms with Gasteiger partial charge in [0.2, 0.25) is 11.8 Å². The lowest BCUT2D eigenvalue weighted by Crippen LogP contribution is -2.45. The molecule has 0 aromatic heterocycles. The molecule has 5 atom stereocenters. The topological polar surface area (TPSA) is 80.8 Å². The Balaban J connectivity index is 1.39. The average Bonchev–Trinajstić information content (AvgIpc) is 3.33. The number of hydrogen-bond donors (Lipinski definition) is 0. The molecule has 0 spiro atoms. The molecule has 0 N–H and O–H groups in total. The Bertz CT molecular complexity index is 792. The SMILES string of the molecule is C[C@H](C(=O)OCC(=O)c1ccc(F)cc1)N1C(=O)[C@@H]2[C@H]3CC[C@@H](C3)[C@H]2C1=O. The quantitative estimate of drug-likeness (QED) is 0.448. The minimum atomic E-state index is -1.06. The van der Waals surface area contributed by atoms with Gasteiger partial charge in [0.05, 0.1) is 11.8 Å². The van der Waals surface area contributed by atoms with Crippen molar-refractivity contribution in [3.8, 4) is 0 Å². The molecule has 1 aromatic carbocycles. The third kappa shape index (κ3) is 2.85. The Morgan fingerprint density at radius 2 is 1.67 bits per heavy atom. The number of benzene rings is 1. The number of nitrogens with zero attached hydrogens (tertiary/aromatic N) is 1. The summed E-state index contributed by atoms with van der Waals surface area (Å²) in [4.78, 5) is 50.8. The fourth-order valence-electron chi connectivity index (χ4n) is 4.90. The van der Waals surface area contributed by atoms with Gasteiger partial charge in [0.15, 0.2) is 12.4 Å². The van der Waals surface area contributed by atoms with Crippen molar-refractivity contribution in [3.63, 3.8) is 0 Å². The zero-order valence-corrected chi connectivity index (χ0v) is 14.9. The maximum atomic E-state index is 12.9. The van der Waals surface area contributed by atoms with E-state index in [1.165, 1.54) is 19.1 Å². The first-order valence-corrected chi connectivity index (χ1v) is 9.20. The van der Waals surface area contributed by atoms with E-state index in [1.54, 1.807) is 0 Å². The van der Waals surface area contributed by atoms with Gasteiger partial charge in [0.1, 0.15) is 11.9 Å². The van der Waals surface area contributed by atoms with E-state index in [2.05, 4.69) is 0 Å². The monoisotopic (exact) mass is 373 g/mol. The zero-order valence-electron chi connectivity index (χ0n) is 14.9. The lowest BCUT2D eigenvalue weighted by Gasteiger charge is -2.22. The Hall–Kier alpha value is -2.57. The van der Waals surface area contributed by atoms with Gasteiger partial charge in [-0.2, -0.15) is 0 Å². The number of ether oxygens (including phenoxy) is 1. The Morgan fingerprint density at radius 3 is 2.22 bits per heavy atom. The maximum Gasteiger partial charge on any atom is 0.329 e. The van der Waals surface area contributed by atoms with E-state index >= 15 is 0 Å². The summed E-state index contributed by atoms with van der Waals surface area (Å²) >= 11 is 0. The highest BCUT2D eigenvalue weighted by Crippen LogP contribution is 2.56. The number of ketones is 1. The lowest BCUT2D eigenvalue weighted by molar-refractivity contribution is -0.157. The van der Waals surface area contributed by atoms with E-state index in [0.29, 0.717) is 0 Å². The molecular weight excluding hydrogens is 353 g/mol. The third-order valence-corrected chi connectivity index (χ3v) is 6.20. The third-order valence-electron chi connectivity index (χ3n) is 6.20. The Morgan fingerprint density at radius 1 is 1.11 bits per heavy atom. The molecule has 1 heterocycles. The van der Waals surface area contributed by atoms with Crippen molar-refractivity contribution < 1.29 is 28.3 Å². The van der Waals surface area contributed by atoms with E-state index in [1.807, 2.05) is 0 Å². The van der Waals surface area contributed by atoms with Crippen molar-refractivity contribution in [2.45, 2.75) is 32.2 Å². The summed E-state index contributed by atoms with van der Waals surface area (Å²) in [6, 6.07) is 3.84. The largest absolute Gasteiger partial charge is 0.456 e. The predicted molar refractivity (Wildman–Crippen MR) is 90.8 cm³/mol. The van der Waals surface area contributed by atoms with Crippen LogP contribution in [0.5, 0.6) is 0 Å². The van der Waals surface area contributed by atoms with Crippen LogP contribution in [0.3, 0.4) is 0 Å². The molecular formula is C20H20FNO5. The van der Waals surface area contributed by atoms with Crippen molar-refractivity contribution in [2.75, 3.05) is 6.61 Å². The van der Waals surface area contributed by atoms with Crippen molar-refractivity contribution in [3.05, 3.63) is 35.6 Å². The average molecular weight is 373 g/mol. The van der Waals surface area contributed by atoms with Crippen LogP contribution < -0.4 is 0 Å². The van der Waals surface area contributed by atoms with Crippen molar-refractivity contribution in [2.24, 2.45) is 23.7 Å². The zero-order chi connectivity index (χ0) is 19.3. The van der Waals surface area contributed by atoms with Gasteiger partial charge in [-0.25, -0.2) is 9.18 Å². The molecule has 2 amide bonds. The molecule has 7 heteroatoms. The van der Waals surface area contributed by atoms with Crippen LogP contribution in [-0.2, 0) is 19.1 Å². The van der Waals surface area contributed by atoms with Crippen LogP contribution in [0.4, 0.5) is 4.39 Å². The molecule has 3 fully saturated rings. The molecule has 142 valence electrons. The van der Waals surface area contributed by atoms with Gasteiger partial charge >= 0.3 is 5.97 Å². The van der Waals surface area contributed by atoms with E-state index in [9.17, 15) is 23.6 Å². The number of Topliss-reactive ketones (excluding diaryl/α,β-unsaturated/α-hetero) is 1. The number of fused-ring (bicyclic) bond motifs is 5. The highest BCUT2D eigenvalue weighted by molar-refractivity contribution is 6.08. The molecule has 27 heavy (non-hydrogen) atoms. The van der Waals surface area contributed by atoms with Gasteiger partial charge in [-0.15, -0.1) is 0 Å². The second-order valence-corrected chi connectivity index (χ2v) is 7.65. The van der Waals surface area contributed by atoms with Gasteiger partial charge in [-0.05, 0) is 62.3 Å². The Labute approximate surface area is 155 Å². The summed E-state index contributed by atoms with van der Waals surface area (Å²) in [5.74, 6) is -2.43. The standard InChI is InChI=1S/C20H20FNO5/c1-10(20(26)27-9-15(23)11-4-6-14(21)7-5-11)22-18(24)16-12-2-3-13(8-12)17(16)19(22)25/h4-7,10,12-13,16-17H,2-3,8-9H2,1H3/t10-,12+,13+,16-,17-/m1/s1. The number of amides is 2. The van der Waals surface area contributed by atoms with Crippen molar-refractivity contribution >= 4 is 23.6 Å². The van der Waals surface area contributed by atoms with Crippen LogP contribution >= 0.6 is 0 Å². The smallest absolute Gasteiger partial charge is 0.329 e. The lowest BCUT2D eigenvalue weighted by atomic mass is 9.81. The predicted octanol–water partition coefficient (Wildman–Crippen LogP) is 1.97. The number of esters is 1. The van der Waals surface area contributed by atoms with Crippen molar-refractivity contribution in [1.29, 1.82) is 0 Å². The van der Waals surface area contributed by atoms with Gasteiger partial charge < -0.3 is 4.74 Å². The maximum absolute atomic E-state index is 12.9. The Kier molecular flexibility index (Phi) is 4.32. The summed E-state index contributed by atoms with van der Waals surface area (Å²) in [5, 5.41) is 0. The van der Waals surface area contributed by atoms with E-state index in [-0.39, 0.29) is 41.0 Å². The minimum absolute atomic E-state index is 0.219. The number of carbonyl (C=O) groups is 4. The minimum Gasteiger partial charge on any atom is -0.456 e. The van der Waals surface area contributed by atoms with Crippen LogP contribution in [0, 0.1) is 29.5 Å². The second-order valence-electron chi connectivity index (χ2n) is 7.65. The summed E-state index contributed by atoms with van der Waals surface area (Å²) < 4.78 is 17.9. The van der Waals surface area contributed by atoms with E-state index in [0.717, 1.165) is 36.3 Å². The fraction of sp³-hybridized carbons (Fsp3) is 0.500. The molecule has 1 aliphatic heterocycles. The molecule has 4 rings (SSSR count). The fourth-order valence-corrected chi connectivity index (χ4v) is 4.90. The highest BCUT2D eigenvalue weighted by atomic mass is 19.1.